The third-order valence-corrected chi connectivity index (χ3v) is 8.33. The number of hydrogen-bond acceptors (Lipinski definition) is 18. The minimum absolute atomic E-state index is 0.260. The molecule has 5 N–H and O–H groups in total. The Bertz CT molecular complexity index is 2360. The lowest BCUT2D eigenvalue weighted by Gasteiger charge is -2.38. The first kappa shape index (κ1) is 43.8. The fourth-order valence-corrected chi connectivity index (χ4v) is 5.39. The fraction of sp³-hybridized carbons (Fsp3) is 0.195. The number of carbonyl (C=O) groups excluding carboxylic acids is 1. The van der Waals surface area contributed by atoms with E-state index in [1.807, 2.05) is 18.2 Å². The van der Waals surface area contributed by atoms with Crippen molar-refractivity contribution in [3.63, 3.8) is 0 Å². The van der Waals surface area contributed by atoms with E-state index < -0.39 is 36.5 Å². The molecule has 1 saturated heterocycles. The highest BCUT2D eigenvalue weighted by atomic mass is 19.1. The van der Waals surface area contributed by atoms with Gasteiger partial charge < -0.3 is 44.7 Å². The minimum Gasteiger partial charge on any atom is -0.497 e. The number of oxime groups is 2. The molecule has 6 aromatic rings. The number of methoxy groups -OCH3 is 2. The van der Waals surface area contributed by atoms with Crippen LogP contribution in [0, 0.1) is 5.82 Å². The summed E-state index contributed by atoms with van der Waals surface area (Å²) in [7, 11) is 3.06. The Kier molecular flexibility index (Phi) is 15.7. The summed E-state index contributed by atoms with van der Waals surface area (Å²) in [6.07, 6.45) is 1.40. The third kappa shape index (κ3) is 11.9. The first-order chi connectivity index (χ1) is 29.0. The van der Waals surface area contributed by atoms with Gasteiger partial charge in [-0.3, -0.25) is 19.7 Å². The van der Waals surface area contributed by atoms with Crippen LogP contribution in [-0.4, -0.2) is 119 Å². The van der Waals surface area contributed by atoms with Crippen LogP contribution in [0.1, 0.15) is 28.8 Å². The van der Waals surface area contributed by atoms with Gasteiger partial charge >= 0.3 is 0 Å². The number of rotatable bonds is 10. The van der Waals surface area contributed by atoms with Crippen LogP contribution in [0.3, 0.4) is 0 Å². The number of halogens is 1. The van der Waals surface area contributed by atoms with Crippen molar-refractivity contribution >= 4 is 18.7 Å². The van der Waals surface area contributed by atoms with E-state index >= 15 is 0 Å². The average Bonchev–Trinajstić information content (AvgIpc) is 3.28. The van der Waals surface area contributed by atoms with E-state index in [2.05, 4.69) is 40.2 Å². The summed E-state index contributed by atoms with van der Waals surface area (Å²) in [6.45, 7) is 1.56. The maximum atomic E-state index is 12.8. The second kappa shape index (κ2) is 21.4. The molecular formula is C41H39FN8O10. The Labute approximate surface area is 342 Å². The summed E-state index contributed by atoms with van der Waals surface area (Å²) < 4.78 is 34.1. The van der Waals surface area contributed by atoms with Gasteiger partial charge in [-0.2, -0.15) is 0 Å². The normalized spacial score (nSPS) is 18.4. The Morgan fingerprint density at radius 2 is 1.13 bits per heavy atom. The first-order valence-corrected chi connectivity index (χ1v) is 17.8. The summed E-state index contributed by atoms with van der Waals surface area (Å²) in [5.41, 5.74) is 4.41. The van der Waals surface area contributed by atoms with Gasteiger partial charge in [0.2, 0.25) is 6.29 Å². The molecule has 7 rings (SSSR count). The van der Waals surface area contributed by atoms with Gasteiger partial charge in [0.1, 0.15) is 47.1 Å². The van der Waals surface area contributed by atoms with E-state index in [9.17, 15) is 24.5 Å². The van der Waals surface area contributed by atoms with E-state index in [-0.39, 0.29) is 5.75 Å². The average molecular weight is 823 g/mol. The fourth-order valence-electron chi connectivity index (χ4n) is 5.39. The highest BCUT2D eigenvalue weighted by Gasteiger charge is 2.43. The van der Waals surface area contributed by atoms with Gasteiger partial charge in [0.15, 0.2) is 6.29 Å². The summed E-state index contributed by atoms with van der Waals surface area (Å²) in [6, 6.07) is 23.3. The molecule has 0 bridgehead atoms. The number of nitrogens with zero attached hydrogens (tertiary/aromatic N) is 8. The maximum absolute atomic E-state index is 12.8. The van der Waals surface area contributed by atoms with Crippen LogP contribution in [0.5, 0.6) is 17.2 Å². The van der Waals surface area contributed by atoms with Crippen molar-refractivity contribution in [2.24, 2.45) is 10.3 Å². The van der Waals surface area contributed by atoms with Crippen molar-refractivity contribution < 1.29 is 53.9 Å². The summed E-state index contributed by atoms with van der Waals surface area (Å²) in [5, 5.41) is 52.9. The number of carbonyl (C=O) groups is 1. The van der Waals surface area contributed by atoms with Crippen molar-refractivity contribution in [1.29, 1.82) is 0 Å². The van der Waals surface area contributed by atoms with Gasteiger partial charge in [-0.25, -0.2) is 19.3 Å². The molecular weight excluding hydrogens is 783 g/mol. The maximum Gasteiger partial charge on any atom is 0.229 e. The Morgan fingerprint density at radius 3 is 1.60 bits per heavy atom. The Balaban J connectivity index is 0.000000177. The Morgan fingerprint density at radius 1 is 0.633 bits per heavy atom. The standard InChI is InChI=1S/C17H19N3O6.C12H10FN3O2.C12H10N2O2/c1-9-14(21)15(22)16(23)17(25-9)26-11-6-10(8-19-24)20-13(7-11)12-4-2-3-5-18-12;1-18-10-4-9(7-15-17)16-12(5-10)11-3-2-8(13)6-14-11;1-16-10-6-9(8-15)14-12(7-10)11-4-2-3-5-13-11/h2-9,14-17,21-24H,1H3;2-7,17H,1H3;2-8H,1H3/b19-8+;15-7+;/t9-,14-,15+,16-,17-;;/m1../s1. The molecule has 310 valence electrons. The van der Waals surface area contributed by atoms with Crippen LogP contribution in [0.25, 0.3) is 34.2 Å². The number of aromatic nitrogens is 6. The van der Waals surface area contributed by atoms with Crippen LogP contribution >= 0.6 is 0 Å². The molecule has 19 heteroatoms. The quantitative estimate of drug-likeness (QED) is 0.0561. The number of aliphatic hydroxyl groups is 3. The molecule has 0 spiro atoms. The molecule has 6 aromatic heterocycles. The largest absolute Gasteiger partial charge is 0.497 e. The first-order valence-electron chi connectivity index (χ1n) is 17.8. The molecule has 0 radical (unpaired) electrons. The van der Waals surface area contributed by atoms with Crippen molar-refractivity contribution in [2.75, 3.05) is 14.2 Å². The zero-order chi connectivity index (χ0) is 43.0. The van der Waals surface area contributed by atoms with E-state index in [0.29, 0.717) is 69.0 Å². The van der Waals surface area contributed by atoms with Crippen LogP contribution in [0.4, 0.5) is 4.39 Å². The van der Waals surface area contributed by atoms with Gasteiger partial charge in [-0.15, -0.1) is 0 Å². The molecule has 18 nitrogen and oxygen atoms in total. The smallest absolute Gasteiger partial charge is 0.229 e. The van der Waals surface area contributed by atoms with Crippen LogP contribution in [0.15, 0.2) is 114 Å². The second-order valence-electron chi connectivity index (χ2n) is 12.4. The summed E-state index contributed by atoms with van der Waals surface area (Å²) >= 11 is 0. The Hall–Kier alpha value is -7.32. The van der Waals surface area contributed by atoms with Gasteiger partial charge in [0.25, 0.3) is 0 Å². The summed E-state index contributed by atoms with van der Waals surface area (Å²) in [4.78, 5) is 35.7. The lowest BCUT2D eigenvalue weighted by molar-refractivity contribution is -0.268. The molecule has 7 heterocycles. The van der Waals surface area contributed by atoms with E-state index in [0.717, 1.165) is 12.4 Å². The number of aldehydes is 1. The van der Waals surface area contributed by atoms with Crippen molar-refractivity contribution in [2.45, 2.75) is 37.6 Å². The monoisotopic (exact) mass is 822 g/mol. The molecule has 1 aliphatic rings. The van der Waals surface area contributed by atoms with Crippen LogP contribution in [-0.2, 0) is 4.74 Å². The van der Waals surface area contributed by atoms with Gasteiger partial charge in [0, 0.05) is 48.8 Å². The van der Waals surface area contributed by atoms with E-state index in [4.69, 9.17) is 29.4 Å². The number of aliphatic hydroxyl groups excluding tert-OH is 3. The molecule has 0 amide bonds. The van der Waals surface area contributed by atoms with Gasteiger partial charge in [-0.1, -0.05) is 22.4 Å². The zero-order valence-corrected chi connectivity index (χ0v) is 32.2. The van der Waals surface area contributed by atoms with Crippen LogP contribution in [0.2, 0.25) is 0 Å². The van der Waals surface area contributed by atoms with Gasteiger partial charge in [0.05, 0.1) is 84.5 Å². The SMILES string of the molecule is COc1cc(/C=N/O)nc(-c2ccc(F)cn2)c1.COc1cc(C=O)nc(-c2ccccn2)c1.C[C@H]1O[C@H](Oc2cc(/C=N/O)nc(-c3ccccn3)c2)[C@H](O)[C@@H](O)[C@@H]1O. The second-order valence-corrected chi connectivity index (χ2v) is 12.4. The molecule has 0 unspecified atom stereocenters. The predicted octanol–water partition coefficient (Wildman–Crippen LogP) is 4.22. The van der Waals surface area contributed by atoms with Gasteiger partial charge in [-0.05, 0) is 43.3 Å². The summed E-state index contributed by atoms with van der Waals surface area (Å²) in [5.74, 6) is 0.980. The topological polar surface area (TPSA) is 257 Å². The molecule has 1 aliphatic heterocycles. The molecule has 60 heavy (non-hydrogen) atoms. The van der Waals surface area contributed by atoms with E-state index in [1.54, 1.807) is 75.0 Å². The molecule has 5 atom stereocenters. The lowest BCUT2D eigenvalue weighted by Crippen LogP contribution is -2.58. The number of ether oxygens (including phenoxy) is 4. The minimum atomic E-state index is -1.44. The molecule has 0 aliphatic carbocycles. The van der Waals surface area contributed by atoms with Crippen LogP contribution < -0.4 is 14.2 Å². The zero-order valence-electron chi connectivity index (χ0n) is 32.2. The molecule has 0 aromatic carbocycles. The van der Waals surface area contributed by atoms with Crippen molar-refractivity contribution in [3.05, 3.63) is 126 Å². The van der Waals surface area contributed by atoms with E-state index in [1.165, 1.54) is 31.5 Å². The number of hydrogen-bond donors (Lipinski definition) is 5. The predicted molar refractivity (Wildman–Crippen MR) is 213 cm³/mol. The highest BCUT2D eigenvalue weighted by Crippen LogP contribution is 2.27. The molecule has 1 fully saturated rings. The number of pyridine rings is 6. The van der Waals surface area contributed by atoms with Crippen molar-refractivity contribution in [1.82, 2.24) is 29.9 Å². The third-order valence-electron chi connectivity index (χ3n) is 8.33. The molecule has 0 saturated carbocycles. The lowest BCUT2D eigenvalue weighted by atomic mass is 10.00. The highest BCUT2D eigenvalue weighted by molar-refractivity contribution is 5.79. The van der Waals surface area contributed by atoms with Crippen molar-refractivity contribution in [3.8, 4) is 51.4 Å².